The van der Waals surface area contributed by atoms with Gasteiger partial charge in [-0.1, -0.05) is 48.3 Å². The second-order valence-electron chi connectivity index (χ2n) is 8.45. The van der Waals surface area contributed by atoms with Crippen LogP contribution in [0.4, 0.5) is 5.69 Å². The number of benzene rings is 2. The van der Waals surface area contributed by atoms with E-state index in [4.69, 9.17) is 23.2 Å². The molecule has 10 heteroatoms. The number of nitrogens with zero attached hydrogens (tertiary/aromatic N) is 2. The van der Waals surface area contributed by atoms with Crippen LogP contribution in [0.1, 0.15) is 42.9 Å². The van der Waals surface area contributed by atoms with Crippen LogP contribution in [0.15, 0.2) is 36.4 Å². The molecule has 0 aliphatic carbocycles. The third-order valence-corrected chi connectivity index (χ3v) is 7.75. The summed E-state index contributed by atoms with van der Waals surface area (Å²) in [5.74, 6) is -0.542. The number of carbonyl (C=O) groups excluding carboxylic acids is 2. The van der Waals surface area contributed by atoms with Crippen LogP contribution in [-0.4, -0.2) is 51.0 Å². The Hall–Kier alpha value is -2.29. The van der Waals surface area contributed by atoms with E-state index in [0.29, 0.717) is 27.7 Å². The van der Waals surface area contributed by atoms with Crippen molar-refractivity contribution in [2.24, 2.45) is 0 Å². The minimum Gasteiger partial charge on any atom is -0.357 e. The highest BCUT2D eigenvalue weighted by Gasteiger charge is 2.29. The van der Waals surface area contributed by atoms with Gasteiger partial charge in [-0.2, -0.15) is 0 Å². The van der Waals surface area contributed by atoms with Crippen LogP contribution in [0.2, 0.25) is 10.0 Å². The molecule has 0 aliphatic rings. The van der Waals surface area contributed by atoms with Crippen LogP contribution in [0.25, 0.3) is 0 Å². The molecule has 2 aromatic rings. The molecule has 1 N–H and O–H groups in total. The lowest BCUT2D eigenvalue weighted by Gasteiger charge is -2.31. The zero-order valence-electron chi connectivity index (χ0n) is 20.8. The van der Waals surface area contributed by atoms with Crippen molar-refractivity contribution in [2.45, 2.75) is 52.6 Å². The number of hydrogen-bond donors (Lipinski definition) is 1. The standard InChI is InChI=1S/C25H33Cl2N3O4S/c1-6-22(25(32)28-4)29(16-19-12-13-20(26)15-21(19)27)24(31)11-8-14-30(35(5,33)34)23-10-7-9-17(2)18(23)3/h7,9-10,12-13,15,22H,6,8,11,14,16H2,1-5H3,(H,28,32)/t22-/m1/s1. The van der Waals surface area contributed by atoms with E-state index in [1.807, 2.05) is 32.9 Å². The number of amides is 2. The minimum atomic E-state index is -3.56. The molecule has 192 valence electrons. The van der Waals surface area contributed by atoms with Gasteiger partial charge in [-0.05, 0) is 61.6 Å². The van der Waals surface area contributed by atoms with Crippen molar-refractivity contribution in [1.29, 1.82) is 0 Å². The van der Waals surface area contributed by atoms with Crippen LogP contribution >= 0.6 is 23.2 Å². The summed E-state index contributed by atoms with van der Waals surface area (Å²) in [6.07, 6.45) is 1.92. The molecule has 0 spiro atoms. The van der Waals surface area contributed by atoms with Gasteiger partial charge in [0.2, 0.25) is 21.8 Å². The van der Waals surface area contributed by atoms with Crippen molar-refractivity contribution in [3.8, 4) is 0 Å². The summed E-state index contributed by atoms with van der Waals surface area (Å²) < 4.78 is 26.4. The van der Waals surface area contributed by atoms with Crippen molar-refractivity contribution in [1.82, 2.24) is 10.2 Å². The van der Waals surface area contributed by atoms with Gasteiger partial charge in [-0.3, -0.25) is 13.9 Å². The Morgan fingerprint density at radius 1 is 1.11 bits per heavy atom. The highest BCUT2D eigenvalue weighted by Crippen LogP contribution is 2.26. The van der Waals surface area contributed by atoms with Crippen LogP contribution < -0.4 is 9.62 Å². The summed E-state index contributed by atoms with van der Waals surface area (Å²) in [7, 11) is -2.03. The quantitative estimate of drug-likeness (QED) is 0.446. The lowest BCUT2D eigenvalue weighted by molar-refractivity contribution is -0.141. The topological polar surface area (TPSA) is 86.8 Å². The van der Waals surface area contributed by atoms with Gasteiger partial charge in [-0.15, -0.1) is 0 Å². The Morgan fingerprint density at radius 2 is 1.80 bits per heavy atom. The Kier molecular flexibility index (Phi) is 10.4. The third kappa shape index (κ3) is 7.59. The molecule has 0 bridgehead atoms. The van der Waals surface area contributed by atoms with Crippen LogP contribution in [0.5, 0.6) is 0 Å². The van der Waals surface area contributed by atoms with Crippen molar-refractivity contribution < 1.29 is 18.0 Å². The fraction of sp³-hybridized carbons (Fsp3) is 0.440. The predicted molar refractivity (Wildman–Crippen MR) is 142 cm³/mol. The monoisotopic (exact) mass is 541 g/mol. The van der Waals surface area contributed by atoms with Gasteiger partial charge in [0.1, 0.15) is 6.04 Å². The average Bonchev–Trinajstić information content (AvgIpc) is 2.79. The second kappa shape index (κ2) is 12.6. The van der Waals surface area contributed by atoms with E-state index in [-0.39, 0.29) is 37.7 Å². The second-order valence-corrected chi connectivity index (χ2v) is 11.2. The lowest BCUT2D eigenvalue weighted by Crippen LogP contribution is -2.48. The first kappa shape index (κ1) is 28.9. The summed E-state index contributed by atoms with van der Waals surface area (Å²) in [6, 6.07) is 9.81. The molecule has 7 nitrogen and oxygen atoms in total. The normalized spacial score (nSPS) is 12.2. The van der Waals surface area contributed by atoms with E-state index in [1.165, 1.54) is 16.3 Å². The summed E-state index contributed by atoms with van der Waals surface area (Å²) in [5.41, 5.74) is 3.12. The molecule has 0 saturated carbocycles. The maximum absolute atomic E-state index is 13.3. The molecule has 0 radical (unpaired) electrons. The van der Waals surface area contributed by atoms with Gasteiger partial charge in [0.25, 0.3) is 0 Å². The smallest absolute Gasteiger partial charge is 0.242 e. The Balaban J connectivity index is 2.26. The molecule has 35 heavy (non-hydrogen) atoms. The van der Waals surface area contributed by atoms with E-state index in [2.05, 4.69) is 5.32 Å². The van der Waals surface area contributed by atoms with Gasteiger partial charge >= 0.3 is 0 Å². The predicted octanol–water partition coefficient (Wildman–Crippen LogP) is 4.71. The molecule has 0 unspecified atom stereocenters. The number of hydrogen-bond acceptors (Lipinski definition) is 4. The first-order valence-electron chi connectivity index (χ1n) is 11.4. The average molecular weight is 543 g/mol. The molecule has 1 atom stereocenters. The van der Waals surface area contributed by atoms with Crippen molar-refractivity contribution in [2.75, 3.05) is 24.2 Å². The Morgan fingerprint density at radius 3 is 2.37 bits per heavy atom. The maximum atomic E-state index is 13.3. The van der Waals surface area contributed by atoms with E-state index in [0.717, 1.165) is 17.4 Å². The molecular formula is C25H33Cl2N3O4S. The van der Waals surface area contributed by atoms with E-state index < -0.39 is 16.1 Å². The molecule has 0 aliphatic heterocycles. The number of likely N-dealkylation sites (N-methyl/N-ethyl adjacent to an activating group) is 1. The van der Waals surface area contributed by atoms with E-state index in [1.54, 1.807) is 24.3 Å². The summed E-state index contributed by atoms with van der Waals surface area (Å²) in [5, 5.41) is 3.49. The van der Waals surface area contributed by atoms with Gasteiger partial charge in [0, 0.05) is 36.6 Å². The van der Waals surface area contributed by atoms with Crippen LogP contribution in [0, 0.1) is 13.8 Å². The summed E-state index contributed by atoms with van der Waals surface area (Å²) >= 11 is 12.3. The molecule has 2 rings (SSSR count). The molecule has 0 aromatic heterocycles. The largest absolute Gasteiger partial charge is 0.357 e. The van der Waals surface area contributed by atoms with Gasteiger partial charge < -0.3 is 10.2 Å². The van der Waals surface area contributed by atoms with Crippen molar-refractivity contribution >= 4 is 50.7 Å². The van der Waals surface area contributed by atoms with Gasteiger partial charge in [0.15, 0.2) is 0 Å². The number of rotatable bonds is 11. The molecule has 0 saturated heterocycles. The highest BCUT2D eigenvalue weighted by atomic mass is 35.5. The van der Waals surface area contributed by atoms with Gasteiger partial charge in [0.05, 0.1) is 11.9 Å². The number of aryl methyl sites for hydroxylation is 1. The van der Waals surface area contributed by atoms with Crippen LogP contribution in [-0.2, 0) is 26.2 Å². The first-order valence-corrected chi connectivity index (χ1v) is 14.0. The molecular weight excluding hydrogens is 509 g/mol. The number of nitrogens with one attached hydrogen (secondary N) is 1. The SMILES string of the molecule is CC[C@H](C(=O)NC)N(Cc1ccc(Cl)cc1Cl)C(=O)CCCN(c1cccc(C)c1C)S(C)(=O)=O. The Bertz CT molecular complexity index is 1170. The number of carbonyl (C=O) groups is 2. The minimum absolute atomic E-state index is 0.0651. The number of halogens is 2. The summed E-state index contributed by atoms with van der Waals surface area (Å²) in [4.78, 5) is 27.4. The van der Waals surface area contributed by atoms with E-state index in [9.17, 15) is 18.0 Å². The fourth-order valence-electron chi connectivity index (χ4n) is 3.91. The summed E-state index contributed by atoms with van der Waals surface area (Å²) in [6.45, 7) is 5.90. The van der Waals surface area contributed by atoms with Crippen molar-refractivity contribution in [3.05, 3.63) is 63.1 Å². The molecule has 0 heterocycles. The third-order valence-electron chi connectivity index (χ3n) is 5.99. The first-order chi connectivity index (χ1) is 16.4. The zero-order chi connectivity index (χ0) is 26.3. The molecule has 2 amide bonds. The van der Waals surface area contributed by atoms with Crippen LogP contribution in [0.3, 0.4) is 0 Å². The molecule has 2 aromatic carbocycles. The fourth-order valence-corrected chi connectivity index (χ4v) is 5.39. The zero-order valence-corrected chi connectivity index (χ0v) is 23.1. The van der Waals surface area contributed by atoms with Gasteiger partial charge in [-0.25, -0.2) is 8.42 Å². The lowest BCUT2D eigenvalue weighted by atomic mass is 10.1. The van der Waals surface area contributed by atoms with E-state index >= 15 is 0 Å². The van der Waals surface area contributed by atoms with Crippen molar-refractivity contribution in [3.63, 3.8) is 0 Å². The Labute approximate surface area is 218 Å². The molecule has 0 fully saturated rings. The number of anilines is 1. The maximum Gasteiger partial charge on any atom is 0.242 e. The number of sulfonamides is 1. The highest BCUT2D eigenvalue weighted by molar-refractivity contribution is 7.92.